The quantitative estimate of drug-likeness (QED) is 0.286. The van der Waals surface area contributed by atoms with E-state index >= 15 is 0 Å². The first kappa shape index (κ1) is 33.0. The summed E-state index contributed by atoms with van der Waals surface area (Å²) in [6.07, 6.45) is 10.2. The Hall–Kier alpha value is -1.55. The van der Waals surface area contributed by atoms with Crippen LogP contribution in [-0.2, 0) is 23.9 Å². The van der Waals surface area contributed by atoms with Crippen molar-refractivity contribution in [3.05, 3.63) is 0 Å². The molecule has 46 heavy (non-hydrogen) atoms. The van der Waals surface area contributed by atoms with E-state index in [0.29, 0.717) is 60.2 Å². The normalized spacial score (nSPS) is 47.0. The molecule has 1 spiro atoms. The van der Waals surface area contributed by atoms with Gasteiger partial charge in [-0.05, 0) is 99.3 Å². The lowest BCUT2D eigenvalue weighted by Gasteiger charge is -2.60. The summed E-state index contributed by atoms with van der Waals surface area (Å²) in [5, 5.41) is 9.96. The van der Waals surface area contributed by atoms with E-state index in [1.165, 1.54) is 19.3 Å². The molecule has 3 aliphatic heterocycles. The average molecular weight is 641 g/mol. The monoisotopic (exact) mass is 640 g/mol. The molecule has 4 saturated carbocycles. The third-order valence-electron chi connectivity index (χ3n) is 14.8. The molecule has 0 bridgehead atoms. The standard InChI is InChI=1S/C37H60N4O5/c1-23-8-11-37(39-22-23)24(2)34-30(46-37)19-29-27-7-6-25-18-26(9-10-35(25,3)28(27)20-31(42)36(29,34)4)40-33(44)21-32(43)38-12-5-13-41-14-16-45-17-15-41/h23-30,34,39H,5-22H2,1-4H3,(H,38,43)(H,40,44)/t23-,24+,25+,26?,27-,28+,29+,30+,34+,35+,36-,37-/m1/s1. The first-order chi connectivity index (χ1) is 22.0. The molecule has 7 rings (SSSR count). The summed E-state index contributed by atoms with van der Waals surface area (Å²) in [6, 6.07) is 0.114. The van der Waals surface area contributed by atoms with Crippen LogP contribution in [0.2, 0.25) is 0 Å². The molecule has 1 unspecified atom stereocenters. The first-order valence-corrected chi connectivity index (χ1v) is 18.9. The number of fused-ring (bicyclic) bond motifs is 7. The SMILES string of the molecule is C[C@@H]1CC[C@@]2(NC1)O[C@H]1C[C@H]3[C@@H]4CC[C@H]5CC(NC(=O)CC(=O)NCCCN6CCOCC6)CC[C@]5(C)[C@H]4CC(=O)[C@]3(C)[C@H]1[C@@H]2C. The van der Waals surface area contributed by atoms with Crippen LogP contribution in [0, 0.1) is 52.3 Å². The van der Waals surface area contributed by atoms with Crippen molar-refractivity contribution in [2.24, 2.45) is 52.3 Å². The number of ether oxygens (including phenoxy) is 2. The van der Waals surface area contributed by atoms with E-state index in [1.807, 2.05) is 0 Å². The van der Waals surface area contributed by atoms with Crippen LogP contribution in [-0.4, -0.2) is 86.3 Å². The van der Waals surface area contributed by atoms with Gasteiger partial charge < -0.3 is 20.1 Å². The van der Waals surface area contributed by atoms with Crippen molar-refractivity contribution in [2.75, 3.05) is 45.9 Å². The minimum atomic E-state index is -0.281. The Kier molecular flexibility index (Phi) is 9.12. The average Bonchev–Trinajstić information content (AvgIpc) is 3.48. The van der Waals surface area contributed by atoms with E-state index in [-0.39, 0.29) is 46.9 Å². The molecule has 3 saturated heterocycles. The van der Waals surface area contributed by atoms with E-state index in [1.54, 1.807) is 0 Å². The smallest absolute Gasteiger partial charge is 0.229 e. The van der Waals surface area contributed by atoms with Gasteiger partial charge >= 0.3 is 0 Å². The van der Waals surface area contributed by atoms with Crippen molar-refractivity contribution in [2.45, 2.75) is 116 Å². The highest BCUT2D eigenvalue weighted by molar-refractivity contribution is 5.97. The molecule has 3 heterocycles. The lowest BCUT2D eigenvalue weighted by atomic mass is 9.44. The molecular weight excluding hydrogens is 580 g/mol. The van der Waals surface area contributed by atoms with Crippen molar-refractivity contribution in [1.82, 2.24) is 20.9 Å². The molecule has 0 aromatic rings. The summed E-state index contributed by atoms with van der Waals surface area (Å²) < 4.78 is 12.4. The molecule has 0 radical (unpaired) electrons. The third kappa shape index (κ3) is 5.67. The van der Waals surface area contributed by atoms with Gasteiger partial charge in [0.15, 0.2) is 0 Å². The van der Waals surface area contributed by atoms with Gasteiger partial charge in [-0.3, -0.25) is 24.6 Å². The van der Waals surface area contributed by atoms with E-state index in [0.717, 1.165) is 77.9 Å². The molecule has 12 atom stereocenters. The number of morpholine rings is 1. The molecular formula is C37H60N4O5. The molecule has 258 valence electrons. The Bertz CT molecular complexity index is 1170. The molecule has 9 heteroatoms. The minimum absolute atomic E-state index is 0.103. The number of hydrogen-bond donors (Lipinski definition) is 3. The molecule has 7 fully saturated rings. The lowest BCUT2D eigenvalue weighted by Crippen LogP contribution is -2.60. The lowest BCUT2D eigenvalue weighted by molar-refractivity contribution is -0.160. The Morgan fingerprint density at radius 2 is 1.80 bits per heavy atom. The highest BCUT2D eigenvalue weighted by Gasteiger charge is 2.71. The van der Waals surface area contributed by atoms with Crippen LogP contribution in [0.1, 0.15) is 98.3 Å². The second-order valence-corrected chi connectivity index (χ2v) is 17.1. The summed E-state index contributed by atoms with van der Waals surface area (Å²) in [5.74, 6) is 3.41. The van der Waals surface area contributed by atoms with E-state index in [2.05, 4.69) is 48.5 Å². The van der Waals surface area contributed by atoms with Gasteiger partial charge in [0.05, 0.1) is 19.3 Å². The Morgan fingerprint density at radius 3 is 2.57 bits per heavy atom. The highest BCUT2D eigenvalue weighted by atomic mass is 16.5. The maximum Gasteiger partial charge on any atom is 0.229 e. The summed E-state index contributed by atoms with van der Waals surface area (Å²) in [6.45, 7) is 15.5. The maximum atomic E-state index is 14.4. The second kappa shape index (κ2) is 12.7. The number of Topliss-reactive ketones (excluding diaryl/α,β-unsaturated/α-hetero) is 1. The molecule has 9 nitrogen and oxygen atoms in total. The fourth-order valence-corrected chi connectivity index (χ4v) is 12.1. The Morgan fingerprint density at radius 1 is 1.00 bits per heavy atom. The van der Waals surface area contributed by atoms with Gasteiger partial charge in [-0.1, -0.05) is 27.7 Å². The molecule has 7 aliphatic rings. The van der Waals surface area contributed by atoms with E-state index in [4.69, 9.17) is 9.47 Å². The van der Waals surface area contributed by atoms with Crippen LogP contribution >= 0.6 is 0 Å². The number of ketones is 1. The van der Waals surface area contributed by atoms with Crippen LogP contribution in [0.4, 0.5) is 0 Å². The fraction of sp³-hybridized carbons (Fsp3) is 0.919. The zero-order valence-electron chi connectivity index (χ0n) is 28.9. The first-order valence-electron chi connectivity index (χ1n) is 18.9. The number of amides is 2. The van der Waals surface area contributed by atoms with Gasteiger partial charge in [-0.25, -0.2) is 0 Å². The summed E-state index contributed by atoms with van der Waals surface area (Å²) in [5.41, 5.74) is -0.397. The Balaban J connectivity index is 0.921. The van der Waals surface area contributed by atoms with Crippen LogP contribution in [0.15, 0.2) is 0 Å². The van der Waals surface area contributed by atoms with E-state index in [9.17, 15) is 14.4 Å². The van der Waals surface area contributed by atoms with Crippen LogP contribution in [0.5, 0.6) is 0 Å². The van der Waals surface area contributed by atoms with Crippen molar-refractivity contribution < 1.29 is 23.9 Å². The number of nitrogens with zero attached hydrogens (tertiary/aromatic N) is 1. The van der Waals surface area contributed by atoms with Crippen molar-refractivity contribution in [3.8, 4) is 0 Å². The molecule has 0 aromatic carbocycles. The number of carbonyl (C=O) groups excluding carboxylic acids is 3. The zero-order valence-corrected chi connectivity index (χ0v) is 28.9. The number of hydrogen-bond acceptors (Lipinski definition) is 7. The van der Waals surface area contributed by atoms with E-state index < -0.39 is 0 Å². The van der Waals surface area contributed by atoms with Gasteiger partial charge in [0.1, 0.15) is 17.9 Å². The molecule has 0 aromatic heterocycles. The minimum Gasteiger partial charge on any atom is -0.379 e. The molecule has 4 aliphatic carbocycles. The van der Waals surface area contributed by atoms with Crippen LogP contribution < -0.4 is 16.0 Å². The van der Waals surface area contributed by atoms with Gasteiger partial charge in [-0.15, -0.1) is 0 Å². The summed E-state index contributed by atoms with van der Waals surface area (Å²) in [4.78, 5) is 42.1. The second-order valence-electron chi connectivity index (χ2n) is 17.1. The van der Waals surface area contributed by atoms with Crippen molar-refractivity contribution in [3.63, 3.8) is 0 Å². The Labute approximate surface area is 276 Å². The van der Waals surface area contributed by atoms with Crippen molar-refractivity contribution >= 4 is 17.6 Å². The van der Waals surface area contributed by atoms with Gasteiger partial charge in [0, 0.05) is 55.9 Å². The summed E-state index contributed by atoms with van der Waals surface area (Å²) in [7, 11) is 0. The largest absolute Gasteiger partial charge is 0.379 e. The number of rotatable bonds is 7. The summed E-state index contributed by atoms with van der Waals surface area (Å²) >= 11 is 0. The maximum absolute atomic E-state index is 14.4. The predicted octanol–water partition coefficient (Wildman–Crippen LogP) is 3.90. The van der Waals surface area contributed by atoms with Crippen LogP contribution in [0.3, 0.4) is 0 Å². The molecule has 2 amide bonds. The third-order valence-corrected chi connectivity index (χ3v) is 14.8. The molecule has 3 N–H and O–H groups in total. The van der Waals surface area contributed by atoms with Crippen molar-refractivity contribution in [1.29, 1.82) is 0 Å². The number of carbonyl (C=O) groups is 3. The number of nitrogens with one attached hydrogen (secondary N) is 3. The number of piperidine rings is 1. The van der Waals surface area contributed by atoms with Crippen LogP contribution in [0.25, 0.3) is 0 Å². The predicted molar refractivity (Wildman–Crippen MR) is 176 cm³/mol. The topological polar surface area (TPSA) is 109 Å². The highest BCUT2D eigenvalue weighted by Crippen LogP contribution is 2.70. The van der Waals surface area contributed by atoms with Gasteiger partial charge in [0.2, 0.25) is 11.8 Å². The zero-order chi connectivity index (χ0) is 32.3. The van der Waals surface area contributed by atoms with Gasteiger partial charge in [0.25, 0.3) is 0 Å². The van der Waals surface area contributed by atoms with Gasteiger partial charge in [-0.2, -0.15) is 0 Å². The fourth-order valence-electron chi connectivity index (χ4n) is 12.1.